The van der Waals surface area contributed by atoms with Crippen LogP contribution in [0.3, 0.4) is 0 Å². The second-order valence-electron chi connectivity index (χ2n) is 5.00. The summed E-state index contributed by atoms with van der Waals surface area (Å²) >= 11 is 0. The Balaban J connectivity index is 3.14. The van der Waals surface area contributed by atoms with Crippen LogP contribution >= 0.6 is 0 Å². The largest absolute Gasteiger partial charge is 0.394 e. The van der Waals surface area contributed by atoms with E-state index in [1.54, 1.807) is 19.1 Å². The summed E-state index contributed by atoms with van der Waals surface area (Å²) in [6.45, 7) is 7.01. The molecule has 5 heteroatoms. The fraction of sp³-hybridized carbons (Fsp3) is 0.538. The lowest BCUT2D eigenvalue weighted by molar-refractivity contribution is 0.191. The molecule has 0 saturated heterocycles. The Bertz CT molecular complexity index is 499. The van der Waals surface area contributed by atoms with E-state index in [1.165, 1.54) is 0 Å². The molecule has 1 aromatic rings. The minimum absolute atomic E-state index is 0.229. The van der Waals surface area contributed by atoms with E-state index in [1.807, 2.05) is 26.8 Å². The van der Waals surface area contributed by atoms with Crippen LogP contribution in [0, 0.1) is 13.8 Å². The predicted octanol–water partition coefficient (Wildman–Crippen LogP) is 1.74. The van der Waals surface area contributed by atoms with Gasteiger partial charge in [0.15, 0.2) is 0 Å². The van der Waals surface area contributed by atoms with Crippen LogP contribution in [0.2, 0.25) is 0 Å². The molecule has 0 aliphatic rings. The van der Waals surface area contributed by atoms with Gasteiger partial charge < -0.3 is 5.11 Å². The Morgan fingerprint density at radius 2 is 1.72 bits per heavy atom. The standard InChI is InChI=1S/C13H21NO3S/c1-5-13(4,9-15)14-18(16,17)12-7-10(2)6-11(3)8-12/h6-8,14-15H,5,9H2,1-4H3. The molecule has 0 amide bonds. The summed E-state index contributed by atoms with van der Waals surface area (Å²) in [4.78, 5) is 0.244. The van der Waals surface area contributed by atoms with Crippen LogP contribution in [0.4, 0.5) is 0 Å². The molecule has 102 valence electrons. The monoisotopic (exact) mass is 271 g/mol. The molecule has 18 heavy (non-hydrogen) atoms. The van der Waals surface area contributed by atoms with E-state index in [4.69, 9.17) is 0 Å². The lowest BCUT2D eigenvalue weighted by atomic mass is 10.0. The van der Waals surface area contributed by atoms with Gasteiger partial charge in [-0.1, -0.05) is 13.0 Å². The third-order valence-corrected chi connectivity index (χ3v) is 4.63. The zero-order valence-corrected chi connectivity index (χ0v) is 12.1. The summed E-state index contributed by atoms with van der Waals surface area (Å²) in [5, 5.41) is 9.28. The zero-order chi connectivity index (χ0) is 14.0. The molecular weight excluding hydrogens is 250 g/mol. The van der Waals surface area contributed by atoms with Gasteiger partial charge in [0, 0.05) is 0 Å². The summed E-state index contributed by atoms with van der Waals surface area (Å²) < 4.78 is 27.1. The maximum Gasteiger partial charge on any atom is 0.241 e. The fourth-order valence-corrected chi connectivity index (χ4v) is 3.35. The van der Waals surface area contributed by atoms with Crippen LogP contribution < -0.4 is 4.72 Å². The van der Waals surface area contributed by atoms with E-state index in [0.717, 1.165) is 11.1 Å². The molecule has 0 aromatic heterocycles. The van der Waals surface area contributed by atoms with Gasteiger partial charge in [0.2, 0.25) is 10.0 Å². The molecule has 4 nitrogen and oxygen atoms in total. The van der Waals surface area contributed by atoms with Gasteiger partial charge in [-0.05, 0) is 50.5 Å². The summed E-state index contributed by atoms with van der Waals surface area (Å²) in [5.41, 5.74) is 0.978. The Kier molecular flexibility index (Phi) is 4.53. The number of hydrogen-bond acceptors (Lipinski definition) is 3. The summed E-state index contributed by atoms with van der Waals surface area (Å²) in [6.07, 6.45) is 0.521. The van der Waals surface area contributed by atoms with E-state index >= 15 is 0 Å². The van der Waals surface area contributed by atoms with Crippen LogP contribution in [0.15, 0.2) is 23.1 Å². The van der Waals surface area contributed by atoms with Crippen LogP contribution in [0.5, 0.6) is 0 Å². The fourth-order valence-electron chi connectivity index (χ4n) is 1.69. The molecule has 1 aromatic carbocycles. The van der Waals surface area contributed by atoms with Crippen molar-refractivity contribution in [2.24, 2.45) is 0 Å². The summed E-state index contributed by atoms with van der Waals surface area (Å²) in [5.74, 6) is 0. The number of rotatable bonds is 5. The Hall–Kier alpha value is -0.910. The number of aliphatic hydroxyl groups excluding tert-OH is 1. The molecule has 0 aliphatic heterocycles. The van der Waals surface area contributed by atoms with Crippen molar-refractivity contribution in [3.63, 3.8) is 0 Å². The SMILES string of the molecule is CCC(C)(CO)NS(=O)(=O)c1cc(C)cc(C)c1. The number of nitrogens with one attached hydrogen (secondary N) is 1. The van der Waals surface area contributed by atoms with E-state index in [9.17, 15) is 13.5 Å². The third kappa shape index (κ3) is 3.54. The second-order valence-corrected chi connectivity index (χ2v) is 6.68. The van der Waals surface area contributed by atoms with Crippen molar-refractivity contribution in [3.8, 4) is 0 Å². The first-order valence-electron chi connectivity index (χ1n) is 5.95. The van der Waals surface area contributed by atoms with Crippen molar-refractivity contribution in [2.75, 3.05) is 6.61 Å². The topological polar surface area (TPSA) is 66.4 Å². The average molecular weight is 271 g/mol. The Labute approximate surface area is 109 Å². The third-order valence-electron chi connectivity index (χ3n) is 3.02. The Morgan fingerprint density at radius 3 is 2.11 bits per heavy atom. The number of hydrogen-bond donors (Lipinski definition) is 2. The maximum atomic E-state index is 12.2. The van der Waals surface area contributed by atoms with E-state index in [-0.39, 0.29) is 11.5 Å². The zero-order valence-electron chi connectivity index (χ0n) is 11.3. The highest BCUT2D eigenvalue weighted by Crippen LogP contribution is 2.18. The molecule has 0 radical (unpaired) electrons. The lowest BCUT2D eigenvalue weighted by Crippen LogP contribution is -2.48. The highest BCUT2D eigenvalue weighted by atomic mass is 32.2. The molecule has 2 N–H and O–H groups in total. The van der Waals surface area contributed by atoms with Crippen molar-refractivity contribution in [3.05, 3.63) is 29.3 Å². The number of aliphatic hydroxyl groups is 1. The van der Waals surface area contributed by atoms with Gasteiger partial charge in [0.25, 0.3) is 0 Å². The molecule has 0 saturated carbocycles. The second kappa shape index (κ2) is 5.38. The quantitative estimate of drug-likeness (QED) is 0.857. The number of benzene rings is 1. The molecule has 1 atom stereocenters. The van der Waals surface area contributed by atoms with Crippen molar-refractivity contribution in [1.82, 2.24) is 4.72 Å². The van der Waals surface area contributed by atoms with Crippen LogP contribution in [0.25, 0.3) is 0 Å². The van der Waals surface area contributed by atoms with Gasteiger partial charge in [-0.2, -0.15) is 0 Å². The normalized spacial score (nSPS) is 15.4. The molecule has 0 bridgehead atoms. The number of aryl methyl sites for hydroxylation is 2. The van der Waals surface area contributed by atoms with Crippen molar-refractivity contribution < 1.29 is 13.5 Å². The van der Waals surface area contributed by atoms with Gasteiger partial charge >= 0.3 is 0 Å². The first kappa shape index (κ1) is 15.1. The van der Waals surface area contributed by atoms with Crippen LogP contribution in [-0.4, -0.2) is 25.7 Å². The summed E-state index contributed by atoms with van der Waals surface area (Å²) in [6, 6.07) is 5.18. The molecule has 0 aliphatic carbocycles. The van der Waals surface area contributed by atoms with Crippen LogP contribution in [0.1, 0.15) is 31.4 Å². The van der Waals surface area contributed by atoms with Gasteiger partial charge in [-0.15, -0.1) is 0 Å². The average Bonchev–Trinajstić information content (AvgIpc) is 2.27. The smallest absolute Gasteiger partial charge is 0.241 e. The van der Waals surface area contributed by atoms with Crippen molar-refractivity contribution >= 4 is 10.0 Å². The first-order valence-corrected chi connectivity index (χ1v) is 7.44. The van der Waals surface area contributed by atoms with E-state index in [2.05, 4.69) is 4.72 Å². The molecule has 0 heterocycles. The summed E-state index contributed by atoms with van der Waals surface area (Å²) in [7, 11) is -3.60. The van der Waals surface area contributed by atoms with Crippen LogP contribution in [-0.2, 0) is 10.0 Å². The predicted molar refractivity (Wildman–Crippen MR) is 72.0 cm³/mol. The molecule has 0 fully saturated rings. The van der Waals surface area contributed by atoms with Crippen molar-refractivity contribution in [2.45, 2.75) is 44.6 Å². The first-order chi connectivity index (χ1) is 8.22. The highest BCUT2D eigenvalue weighted by Gasteiger charge is 2.28. The lowest BCUT2D eigenvalue weighted by Gasteiger charge is -2.26. The van der Waals surface area contributed by atoms with E-state index < -0.39 is 15.6 Å². The highest BCUT2D eigenvalue weighted by molar-refractivity contribution is 7.89. The molecule has 1 rings (SSSR count). The molecule has 1 unspecified atom stereocenters. The van der Waals surface area contributed by atoms with Gasteiger partial charge in [-0.25, -0.2) is 13.1 Å². The van der Waals surface area contributed by atoms with Gasteiger partial charge in [0.1, 0.15) is 0 Å². The van der Waals surface area contributed by atoms with Crippen molar-refractivity contribution in [1.29, 1.82) is 0 Å². The molecular formula is C13H21NO3S. The minimum atomic E-state index is -3.60. The maximum absolute atomic E-state index is 12.2. The van der Waals surface area contributed by atoms with Gasteiger partial charge in [0.05, 0.1) is 17.0 Å². The van der Waals surface area contributed by atoms with E-state index in [0.29, 0.717) is 6.42 Å². The number of sulfonamides is 1. The van der Waals surface area contributed by atoms with Gasteiger partial charge in [-0.3, -0.25) is 0 Å². The molecule has 0 spiro atoms. The Morgan fingerprint density at radius 1 is 1.22 bits per heavy atom. The minimum Gasteiger partial charge on any atom is -0.394 e.